The van der Waals surface area contributed by atoms with Crippen LogP contribution in [-0.4, -0.2) is 42.8 Å². The minimum Gasteiger partial charge on any atom is -0.380 e. The Balaban J connectivity index is 2.60. The van der Waals surface area contributed by atoms with E-state index in [1.54, 1.807) is 0 Å². The average molecular weight is 243 g/mol. The van der Waals surface area contributed by atoms with Crippen LogP contribution >= 0.6 is 0 Å². The second-order valence-corrected chi connectivity index (χ2v) is 5.43. The predicted molar refractivity (Wildman–Crippen MR) is 71.7 cm³/mol. The quantitative estimate of drug-likeness (QED) is 0.548. The number of nitrogens with one attached hydrogen (secondary N) is 1. The molecule has 1 atom stereocenters. The number of hydrogen-bond donors (Lipinski definition) is 2. The van der Waals surface area contributed by atoms with Gasteiger partial charge >= 0.3 is 0 Å². The molecule has 1 rings (SSSR count). The molecule has 0 amide bonds. The van der Waals surface area contributed by atoms with E-state index in [2.05, 4.69) is 24.2 Å². The lowest BCUT2D eigenvalue weighted by atomic mass is 9.92. The maximum Gasteiger partial charge on any atom is 0.0650 e. The number of nitrogens with zero attached hydrogens (tertiary/aromatic N) is 1. The zero-order valence-corrected chi connectivity index (χ0v) is 11.7. The monoisotopic (exact) mass is 243 g/mol. The summed E-state index contributed by atoms with van der Waals surface area (Å²) in [4.78, 5) is 2.56. The van der Waals surface area contributed by atoms with Gasteiger partial charge in [0.05, 0.1) is 12.6 Å². The van der Waals surface area contributed by atoms with Crippen LogP contribution in [0, 0.1) is 0 Å². The maximum atomic E-state index is 5.69. The van der Waals surface area contributed by atoms with Crippen LogP contribution in [0.3, 0.4) is 0 Å². The molecule has 3 N–H and O–H groups in total. The summed E-state index contributed by atoms with van der Waals surface area (Å²) in [5, 5.41) is 0. The first-order valence-electron chi connectivity index (χ1n) is 6.91. The number of nitrogens with two attached hydrogens (primary N) is 1. The van der Waals surface area contributed by atoms with Crippen LogP contribution in [0.15, 0.2) is 0 Å². The van der Waals surface area contributed by atoms with E-state index >= 15 is 0 Å². The van der Waals surface area contributed by atoms with E-state index < -0.39 is 0 Å². The van der Waals surface area contributed by atoms with Crippen molar-refractivity contribution < 1.29 is 4.74 Å². The van der Waals surface area contributed by atoms with E-state index in [0.717, 1.165) is 6.61 Å². The fourth-order valence-electron chi connectivity index (χ4n) is 2.56. The molecule has 0 radical (unpaired) electrons. The smallest absolute Gasteiger partial charge is 0.0650 e. The third kappa shape index (κ3) is 4.21. The van der Waals surface area contributed by atoms with Crippen molar-refractivity contribution in [2.45, 2.75) is 58.0 Å². The molecule has 0 aromatic carbocycles. The Morgan fingerprint density at radius 3 is 2.29 bits per heavy atom. The number of hydrazine groups is 1. The van der Waals surface area contributed by atoms with Gasteiger partial charge in [0.25, 0.3) is 0 Å². The van der Waals surface area contributed by atoms with Gasteiger partial charge in [-0.25, -0.2) is 0 Å². The van der Waals surface area contributed by atoms with Crippen LogP contribution in [0.2, 0.25) is 0 Å². The topological polar surface area (TPSA) is 50.5 Å². The molecular formula is C13H29N3O. The second kappa shape index (κ2) is 7.31. The number of rotatable bonds is 6. The zero-order valence-electron chi connectivity index (χ0n) is 11.7. The largest absolute Gasteiger partial charge is 0.380 e. The normalized spacial score (nSPS) is 21.2. The number of hydrogen-bond acceptors (Lipinski definition) is 4. The summed E-state index contributed by atoms with van der Waals surface area (Å²) in [7, 11) is 0. The van der Waals surface area contributed by atoms with Gasteiger partial charge < -0.3 is 4.74 Å². The van der Waals surface area contributed by atoms with Gasteiger partial charge in [-0.1, -0.05) is 12.8 Å². The minimum absolute atomic E-state index is 0.0499. The van der Waals surface area contributed by atoms with Crippen molar-refractivity contribution in [3.8, 4) is 0 Å². The number of likely N-dealkylation sites (tertiary alicyclic amines) is 1. The molecule has 0 bridgehead atoms. The summed E-state index contributed by atoms with van der Waals surface area (Å²) in [6, 6.07) is 0.181. The lowest BCUT2D eigenvalue weighted by Crippen LogP contribution is -2.61. The van der Waals surface area contributed by atoms with Crippen LogP contribution in [0.5, 0.6) is 0 Å². The summed E-state index contributed by atoms with van der Waals surface area (Å²) in [6.45, 7) is 10.3. The summed E-state index contributed by atoms with van der Waals surface area (Å²) in [5.41, 5.74) is 2.98. The number of ether oxygens (including phenoxy) is 1. The van der Waals surface area contributed by atoms with Gasteiger partial charge in [0.1, 0.15) is 0 Å². The van der Waals surface area contributed by atoms with E-state index in [-0.39, 0.29) is 11.6 Å². The van der Waals surface area contributed by atoms with Crippen molar-refractivity contribution in [2.24, 2.45) is 5.84 Å². The Morgan fingerprint density at radius 1 is 1.24 bits per heavy atom. The molecule has 1 unspecified atom stereocenters. The van der Waals surface area contributed by atoms with E-state index in [1.165, 1.54) is 38.8 Å². The summed E-state index contributed by atoms with van der Waals surface area (Å²) < 4.78 is 5.53. The Hall–Kier alpha value is -0.160. The first-order valence-corrected chi connectivity index (χ1v) is 6.91. The van der Waals surface area contributed by atoms with E-state index in [0.29, 0.717) is 6.61 Å². The van der Waals surface area contributed by atoms with Gasteiger partial charge in [-0.2, -0.15) is 0 Å². The first-order chi connectivity index (χ1) is 8.12. The van der Waals surface area contributed by atoms with Gasteiger partial charge in [-0.05, 0) is 46.7 Å². The Morgan fingerprint density at radius 2 is 1.82 bits per heavy atom. The van der Waals surface area contributed by atoms with Crippen molar-refractivity contribution in [3.05, 3.63) is 0 Å². The molecule has 0 aliphatic carbocycles. The van der Waals surface area contributed by atoms with Crippen molar-refractivity contribution in [3.63, 3.8) is 0 Å². The molecule has 4 nitrogen and oxygen atoms in total. The van der Waals surface area contributed by atoms with Gasteiger partial charge in [0.15, 0.2) is 0 Å². The highest BCUT2D eigenvalue weighted by molar-refractivity contribution is 4.93. The molecule has 102 valence electrons. The molecule has 0 aromatic heterocycles. The highest BCUT2D eigenvalue weighted by Crippen LogP contribution is 2.23. The van der Waals surface area contributed by atoms with Crippen LogP contribution in [0.4, 0.5) is 0 Å². The highest BCUT2D eigenvalue weighted by atomic mass is 16.5. The van der Waals surface area contributed by atoms with Crippen molar-refractivity contribution >= 4 is 0 Å². The van der Waals surface area contributed by atoms with Crippen LogP contribution < -0.4 is 11.3 Å². The van der Waals surface area contributed by atoms with E-state index in [4.69, 9.17) is 10.6 Å². The van der Waals surface area contributed by atoms with Crippen molar-refractivity contribution in [1.82, 2.24) is 10.3 Å². The molecule has 17 heavy (non-hydrogen) atoms. The summed E-state index contributed by atoms with van der Waals surface area (Å²) >= 11 is 0. The molecule has 1 aliphatic heterocycles. The maximum absolute atomic E-state index is 5.69. The second-order valence-electron chi connectivity index (χ2n) is 5.43. The van der Waals surface area contributed by atoms with Crippen LogP contribution in [-0.2, 0) is 4.74 Å². The Labute approximate surface area is 106 Å². The first kappa shape index (κ1) is 14.9. The molecule has 1 saturated heterocycles. The highest BCUT2D eigenvalue weighted by Gasteiger charge is 2.35. The molecule has 1 fully saturated rings. The third-order valence-corrected chi connectivity index (χ3v) is 3.96. The Kier molecular flexibility index (Phi) is 6.41. The molecule has 1 aliphatic rings. The fraction of sp³-hybridized carbons (Fsp3) is 1.00. The molecule has 0 aromatic rings. The Bertz CT molecular complexity index is 201. The molecule has 1 heterocycles. The molecule has 4 heteroatoms. The van der Waals surface area contributed by atoms with Crippen LogP contribution in [0.1, 0.15) is 46.5 Å². The minimum atomic E-state index is 0.0499. The summed E-state index contributed by atoms with van der Waals surface area (Å²) in [6.07, 6.45) is 5.32. The predicted octanol–water partition coefficient (Wildman–Crippen LogP) is 1.51. The lowest BCUT2D eigenvalue weighted by Gasteiger charge is -2.43. The fourth-order valence-corrected chi connectivity index (χ4v) is 2.56. The van der Waals surface area contributed by atoms with Gasteiger partial charge in [0.2, 0.25) is 0 Å². The van der Waals surface area contributed by atoms with E-state index in [9.17, 15) is 0 Å². The lowest BCUT2D eigenvalue weighted by molar-refractivity contribution is 0.0299. The molecule has 0 spiro atoms. The van der Waals surface area contributed by atoms with Gasteiger partial charge in [-0.3, -0.25) is 16.2 Å². The van der Waals surface area contributed by atoms with Gasteiger partial charge in [-0.15, -0.1) is 0 Å². The van der Waals surface area contributed by atoms with E-state index in [1.807, 2.05) is 6.92 Å². The molecule has 0 saturated carbocycles. The molecular weight excluding hydrogens is 214 g/mol. The SMILES string of the molecule is CCOCC(NN)C(C)(C)N1CCCCCC1. The van der Waals surface area contributed by atoms with Crippen molar-refractivity contribution in [1.29, 1.82) is 0 Å². The third-order valence-electron chi connectivity index (χ3n) is 3.96. The van der Waals surface area contributed by atoms with Gasteiger partial charge in [0, 0.05) is 12.1 Å². The average Bonchev–Trinajstić information content (AvgIpc) is 2.58. The standard InChI is InChI=1S/C13H29N3O/c1-4-17-11-12(15-14)13(2,3)16-9-7-5-6-8-10-16/h12,15H,4-11,14H2,1-3H3. The zero-order chi connectivity index (χ0) is 12.7. The summed E-state index contributed by atoms with van der Waals surface area (Å²) in [5.74, 6) is 5.69. The van der Waals surface area contributed by atoms with Crippen LogP contribution in [0.25, 0.3) is 0 Å². The van der Waals surface area contributed by atoms with Crippen molar-refractivity contribution in [2.75, 3.05) is 26.3 Å².